The first-order valence-electron chi connectivity index (χ1n) is 7.07. The lowest BCUT2D eigenvalue weighted by Gasteiger charge is -2.24. The number of hydrogen-bond acceptors (Lipinski definition) is 4. The predicted octanol–water partition coefficient (Wildman–Crippen LogP) is 1.06. The van der Waals surface area contributed by atoms with Gasteiger partial charge in [-0.1, -0.05) is 13.3 Å². The Balaban J connectivity index is 3.76. The Hall–Kier alpha value is -0.650. The fourth-order valence-electron chi connectivity index (χ4n) is 1.41. The number of carbonyl (C=O) groups excluding carboxylic acids is 1. The number of ether oxygens (including phenoxy) is 1. The summed E-state index contributed by atoms with van der Waals surface area (Å²) in [6, 6.07) is -0.329. The quantitative estimate of drug-likeness (QED) is 0.550. The van der Waals surface area contributed by atoms with Crippen LogP contribution in [0.15, 0.2) is 0 Å². The van der Waals surface area contributed by atoms with Crippen LogP contribution in [0.2, 0.25) is 0 Å². The van der Waals surface area contributed by atoms with Crippen LogP contribution in [0.3, 0.4) is 0 Å². The minimum Gasteiger partial charge on any atom is -0.389 e. The summed E-state index contributed by atoms with van der Waals surface area (Å²) >= 11 is 0. The van der Waals surface area contributed by atoms with Crippen LogP contribution in [-0.2, 0) is 9.53 Å². The minimum absolute atomic E-state index is 0.0633. The first-order valence-corrected chi connectivity index (χ1v) is 7.07. The number of hydrogen-bond donors (Lipinski definition) is 3. The van der Waals surface area contributed by atoms with Crippen LogP contribution in [0.25, 0.3) is 0 Å². The third kappa shape index (κ3) is 10.9. The first kappa shape index (κ1) is 18.4. The molecule has 5 nitrogen and oxygen atoms in total. The highest BCUT2D eigenvalue weighted by Crippen LogP contribution is 1.99. The van der Waals surface area contributed by atoms with Gasteiger partial charge in [-0.2, -0.15) is 0 Å². The van der Waals surface area contributed by atoms with Gasteiger partial charge in [0.05, 0.1) is 18.8 Å². The van der Waals surface area contributed by atoms with Gasteiger partial charge in [-0.05, 0) is 34.1 Å². The molecular formula is C14H30N2O3. The molecule has 114 valence electrons. The average molecular weight is 274 g/mol. The normalized spacial score (nSPS) is 15.1. The van der Waals surface area contributed by atoms with Gasteiger partial charge in [-0.15, -0.1) is 0 Å². The van der Waals surface area contributed by atoms with Gasteiger partial charge in [0.15, 0.2) is 0 Å². The van der Waals surface area contributed by atoms with Crippen molar-refractivity contribution in [1.82, 2.24) is 10.6 Å². The van der Waals surface area contributed by atoms with E-state index < -0.39 is 6.10 Å². The zero-order valence-corrected chi connectivity index (χ0v) is 13.0. The van der Waals surface area contributed by atoms with E-state index in [-0.39, 0.29) is 17.5 Å². The molecule has 0 heterocycles. The number of aliphatic hydroxyl groups is 1. The molecule has 0 saturated heterocycles. The van der Waals surface area contributed by atoms with Gasteiger partial charge >= 0.3 is 0 Å². The molecule has 0 rings (SSSR count). The molecule has 2 atom stereocenters. The van der Waals surface area contributed by atoms with Crippen LogP contribution in [0.5, 0.6) is 0 Å². The number of nitrogens with one attached hydrogen (secondary N) is 2. The Kier molecular flexibility index (Phi) is 8.97. The SMILES string of the molecule is CCCCOCC(O)CNC(C)C(=O)NC(C)(C)C. The van der Waals surface area contributed by atoms with E-state index in [1.165, 1.54) is 0 Å². The fraction of sp³-hybridized carbons (Fsp3) is 0.929. The third-order valence-electron chi connectivity index (χ3n) is 2.50. The van der Waals surface area contributed by atoms with E-state index in [4.69, 9.17) is 4.74 Å². The van der Waals surface area contributed by atoms with Gasteiger partial charge in [-0.3, -0.25) is 4.79 Å². The van der Waals surface area contributed by atoms with Crippen molar-refractivity contribution >= 4 is 5.91 Å². The Labute approximate surface area is 117 Å². The zero-order valence-electron chi connectivity index (χ0n) is 13.0. The molecule has 0 aliphatic rings. The molecule has 3 N–H and O–H groups in total. The van der Waals surface area contributed by atoms with E-state index in [1.807, 2.05) is 20.8 Å². The summed E-state index contributed by atoms with van der Waals surface area (Å²) in [7, 11) is 0. The minimum atomic E-state index is -0.582. The summed E-state index contributed by atoms with van der Waals surface area (Å²) in [6.07, 6.45) is 1.50. The molecule has 2 unspecified atom stereocenters. The molecule has 0 aromatic heterocycles. The number of rotatable bonds is 9. The maximum absolute atomic E-state index is 11.8. The molecule has 0 radical (unpaired) electrons. The third-order valence-corrected chi connectivity index (χ3v) is 2.50. The molecular weight excluding hydrogens is 244 g/mol. The molecule has 0 saturated carbocycles. The van der Waals surface area contributed by atoms with Crippen LogP contribution >= 0.6 is 0 Å². The summed E-state index contributed by atoms with van der Waals surface area (Å²) in [5, 5.41) is 15.6. The topological polar surface area (TPSA) is 70.6 Å². The Morgan fingerprint density at radius 2 is 2.00 bits per heavy atom. The van der Waals surface area contributed by atoms with E-state index in [0.29, 0.717) is 19.8 Å². The lowest BCUT2D eigenvalue weighted by atomic mass is 10.1. The Morgan fingerprint density at radius 1 is 1.37 bits per heavy atom. The van der Waals surface area contributed by atoms with Crippen molar-refractivity contribution < 1.29 is 14.6 Å². The lowest BCUT2D eigenvalue weighted by molar-refractivity contribution is -0.124. The van der Waals surface area contributed by atoms with E-state index in [9.17, 15) is 9.90 Å². The highest BCUT2D eigenvalue weighted by atomic mass is 16.5. The standard InChI is InChI=1S/C14H30N2O3/c1-6-7-8-19-10-12(17)9-15-11(2)13(18)16-14(3,4)5/h11-12,15,17H,6-10H2,1-5H3,(H,16,18). The smallest absolute Gasteiger partial charge is 0.237 e. The van der Waals surface area contributed by atoms with Crippen LogP contribution in [-0.4, -0.2) is 48.5 Å². The second-order valence-corrected chi connectivity index (χ2v) is 5.95. The van der Waals surface area contributed by atoms with Crippen molar-refractivity contribution in [3.63, 3.8) is 0 Å². The summed E-state index contributed by atoms with van der Waals surface area (Å²) < 4.78 is 5.32. The summed E-state index contributed by atoms with van der Waals surface area (Å²) in [5.41, 5.74) is -0.241. The molecule has 0 spiro atoms. The van der Waals surface area contributed by atoms with E-state index in [2.05, 4.69) is 17.6 Å². The van der Waals surface area contributed by atoms with Crippen molar-refractivity contribution in [2.24, 2.45) is 0 Å². The zero-order chi connectivity index (χ0) is 14.9. The molecule has 1 amide bonds. The van der Waals surface area contributed by atoms with Crippen molar-refractivity contribution in [3.05, 3.63) is 0 Å². The van der Waals surface area contributed by atoms with Gasteiger partial charge in [0.2, 0.25) is 5.91 Å². The highest BCUT2D eigenvalue weighted by molar-refractivity contribution is 5.81. The summed E-state index contributed by atoms with van der Waals surface area (Å²) in [5.74, 6) is -0.0633. The van der Waals surface area contributed by atoms with E-state index in [1.54, 1.807) is 6.92 Å². The van der Waals surface area contributed by atoms with Crippen molar-refractivity contribution in [2.75, 3.05) is 19.8 Å². The highest BCUT2D eigenvalue weighted by Gasteiger charge is 2.19. The van der Waals surface area contributed by atoms with Crippen molar-refractivity contribution in [2.45, 2.75) is 65.1 Å². The Morgan fingerprint density at radius 3 is 2.53 bits per heavy atom. The Bertz CT molecular complexity index is 252. The van der Waals surface area contributed by atoms with Crippen LogP contribution in [0.4, 0.5) is 0 Å². The summed E-state index contributed by atoms with van der Waals surface area (Å²) in [6.45, 7) is 11.0. The molecule has 0 aliphatic carbocycles. The second-order valence-electron chi connectivity index (χ2n) is 5.95. The van der Waals surface area contributed by atoms with Crippen LogP contribution < -0.4 is 10.6 Å². The number of unbranched alkanes of at least 4 members (excludes halogenated alkanes) is 1. The van der Waals surface area contributed by atoms with Gasteiger partial charge in [-0.25, -0.2) is 0 Å². The summed E-state index contributed by atoms with van der Waals surface area (Å²) in [4.78, 5) is 11.8. The maximum Gasteiger partial charge on any atom is 0.237 e. The van der Waals surface area contributed by atoms with E-state index in [0.717, 1.165) is 12.8 Å². The molecule has 0 aliphatic heterocycles. The fourth-order valence-corrected chi connectivity index (χ4v) is 1.41. The number of aliphatic hydroxyl groups excluding tert-OH is 1. The van der Waals surface area contributed by atoms with Gasteiger partial charge < -0.3 is 20.5 Å². The van der Waals surface area contributed by atoms with Crippen molar-refractivity contribution in [3.8, 4) is 0 Å². The van der Waals surface area contributed by atoms with E-state index >= 15 is 0 Å². The first-order chi connectivity index (χ1) is 8.76. The number of carbonyl (C=O) groups is 1. The molecule has 0 bridgehead atoms. The van der Waals surface area contributed by atoms with Gasteiger partial charge in [0, 0.05) is 18.7 Å². The van der Waals surface area contributed by atoms with Gasteiger partial charge in [0.25, 0.3) is 0 Å². The molecule has 0 aromatic carbocycles. The van der Waals surface area contributed by atoms with Crippen molar-refractivity contribution in [1.29, 1.82) is 0 Å². The second kappa shape index (κ2) is 9.28. The van der Waals surface area contributed by atoms with Crippen LogP contribution in [0, 0.1) is 0 Å². The van der Waals surface area contributed by atoms with Crippen LogP contribution in [0.1, 0.15) is 47.5 Å². The maximum atomic E-state index is 11.8. The lowest BCUT2D eigenvalue weighted by Crippen LogP contribution is -2.51. The van der Waals surface area contributed by atoms with Gasteiger partial charge in [0.1, 0.15) is 0 Å². The molecule has 5 heteroatoms. The molecule has 19 heavy (non-hydrogen) atoms. The average Bonchev–Trinajstić information content (AvgIpc) is 2.29. The molecule has 0 fully saturated rings. The largest absolute Gasteiger partial charge is 0.389 e. The molecule has 0 aromatic rings. The predicted molar refractivity (Wildman–Crippen MR) is 77.1 cm³/mol. The number of amides is 1. The monoisotopic (exact) mass is 274 g/mol.